The third-order valence-electron chi connectivity index (χ3n) is 3.43. The Kier molecular flexibility index (Phi) is 2.55. The maximum atomic E-state index is 4.84. The van der Waals surface area contributed by atoms with Crippen molar-refractivity contribution < 1.29 is 0 Å². The average Bonchev–Trinajstić information content (AvgIpc) is 2.37. The minimum atomic E-state index is 0.443. The lowest BCUT2D eigenvalue weighted by molar-refractivity contribution is 0.841. The summed E-state index contributed by atoms with van der Waals surface area (Å²) < 4.78 is 0. The van der Waals surface area contributed by atoms with Crippen molar-refractivity contribution in [2.75, 3.05) is 0 Å². The molecular weight excluding hydrogens is 218 g/mol. The van der Waals surface area contributed by atoms with Gasteiger partial charge in [0.1, 0.15) is 0 Å². The van der Waals surface area contributed by atoms with E-state index in [1.807, 2.05) is 0 Å². The molecule has 1 nitrogen and oxygen atoms in total. The molecule has 1 aromatic heterocycles. The molecule has 0 aliphatic carbocycles. The van der Waals surface area contributed by atoms with E-state index in [0.717, 1.165) is 5.52 Å². The van der Waals surface area contributed by atoms with Crippen LogP contribution in [-0.2, 0) is 0 Å². The first-order chi connectivity index (χ1) is 8.66. The maximum Gasteiger partial charge on any atom is 0.0711 e. The third-order valence-corrected chi connectivity index (χ3v) is 3.43. The molecule has 3 rings (SSSR count). The van der Waals surface area contributed by atoms with Crippen LogP contribution in [0.15, 0.2) is 42.5 Å². The standard InChI is InChI=1S/C17H17N/c1-11(2)17-15-10-12(3)8-9-13(15)14-6-4-5-7-16(14)18-17/h4-11H,1-3H3. The molecule has 0 N–H and O–H groups in total. The SMILES string of the molecule is Cc1ccc2c(c1)c(C(C)C)nc1ccccc12. The van der Waals surface area contributed by atoms with E-state index >= 15 is 0 Å². The summed E-state index contributed by atoms with van der Waals surface area (Å²) in [5.74, 6) is 0.443. The number of para-hydroxylation sites is 1. The zero-order valence-electron chi connectivity index (χ0n) is 11.1. The Bertz CT molecular complexity index is 726. The average molecular weight is 235 g/mol. The molecule has 90 valence electrons. The summed E-state index contributed by atoms with van der Waals surface area (Å²) in [5, 5.41) is 3.86. The van der Waals surface area contributed by atoms with Crippen LogP contribution in [0.2, 0.25) is 0 Å². The Hall–Kier alpha value is -1.89. The number of fused-ring (bicyclic) bond motifs is 3. The number of aromatic nitrogens is 1. The second-order valence-corrected chi connectivity index (χ2v) is 5.22. The molecule has 0 atom stereocenters. The highest BCUT2D eigenvalue weighted by Gasteiger charge is 2.10. The van der Waals surface area contributed by atoms with E-state index in [-0.39, 0.29) is 0 Å². The summed E-state index contributed by atoms with van der Waals surface area (Å²) >= 11 is 0. The highest BCUT2D eigenvalue weighted by atomic mass is 14.7. The molecule has 0 spiro atoms. The Morgan fingerprint density at radius 1 is 0.889 bits per heavy atom. The van der Waals surface area contributed by atoms with E-state index in [9.17, 15) is 0 Å². The van der Waals surface area contributed by atoms with Crippen molar-refractivity contribution in [3.8, 4) is 0 Å². The number of hydrogen-bond donors (Lipinski definition) is 0. The summed E-state index contributed by atoms with van der Waals surface area (Å²) in [7, 11) is 0. The van der Waals surface area contributed by atoms with Gasteiger partial charge < -0.3 is 0 Å². The molecule has 1 heteroatoms. The number of rotatable bonds is 1. The summed E-state index contributed by atoms with van der Waals surface area (Å²) in [6.45, 7) is 6.55. The first-order valence-electron chi connectivity index (χ1n) is 6.46. The van der Waals surface area contributed by atoms with E-state index in [1.54, 1.807) is 0 Å². The highest BCUT2D eigenvalue weighted by Crippen LogP contribution is 2.30. The molecule has 0 amide bonds. The Morgan fingerprint density at radius 2 is 1.67 bits per heavy atom. The van der Waals surface area contributed by atoms with Crippen LogP contribution in [0.5, 0.6) is 0 Å². The molecule has 0 saturated heterocycles. The van der Waals surface area contributed by atoms with Gasteiger partial charge in [0, 0.05) is 10.8 Å². The van der Waals surface area contributed by atoms with Crippen molar-refractivity contribution in [2.45, 2.75) is 26.7 Å². The van der Waals surface area contributed by atoms with Crippen molar-refractivity contribution in [3.05, 3.63) is 53.7 Å². The lowest BCUT2D eigenvalue weighted by atomic mass is 9.97. The normalized spacial score (nSPS) is 11.6. The monoisotopic (exact) mass is 235 g/mol. The fourth-order valence-corrected chi connectivity index (χ4v) is 2.53. The van der Waals surface area contributed by atoms with E-state index in [1.165, 1.54) is 27.4 Å². The van der Waals surface area contributed by atoms with Gasteiger partial charge in [-0.05, 0) is 30.4 Å². The van der Waals surface area contributed by atoms with Crippen LogP contribution in [0, 0.1) is 6.92 Å². The van der Waals surface area contributed by atoms with Gasteiger partial charge in [0.15, 0.2) is 0 Å². The summed E-state index contributed by atoms with van der Waals surface area (Å²) in [6.07, 6.45) is 0. The second-order valence-electron chi connectivity index (χ2n) is 5.22. The van der Waals surface area contributed by atoms with Gasteiger partial charge in [0.2, 0.25) is 0 Å². The predicted octanol–water partition coefficient (Wildman–Crippen LogP) is 4.82. The number of pyridine rings is 1. The molecule has 0 unspecified atom stereocenters. The van der Waals surface area contributed by atoms with Crippen molar-refractivity contribution in [1.82, 2.24) is 4.98 Å². The maximum absolute atomic E-state index is 4.84. The van der Waals surface area contributed by atoms with Crippen LogP contribution in [0.1, 0.15) is 31.0 Å². The van der Waals surface area contributed by atoms with Crippen molar-refractivity contribution in [2.24, 2.45) is 0 Å². The first-order valence-corrected chi connectivity index (χ1v) is 6.46. The summed E-state index contributed by atoms with van der Waals surface area (Å²) in [5.41, 5.74) is 3.59. The number of aryl methyl sites for hydroxylation is 1. The Morgan fingerprint density at radius 3 is 2.44 bits per heavy atom. The van der Waals surface area contributed by atoms with Gasteiger partial charge in [0.25, 0.3) is 0 Å². The van der Waals surface area contributed by atoms with Gasteiger partial charge in [-0.3, -0.25) is 4.98 Å². The molecule has 0 aliphatic rings. The summed E-state index contributed by atoms with van der Waals surface area (Å²) in [6, 6.07) is 15.0. The van der Waals surface area contributed by atoms with Crippen LogP contribution in [0.4, 0.5) is 0 Å². The largest absolute Gasteiger partial charge is 0.252 e. The number of hydrogen-bond acceptors (Lipinski definition) is 1. The van der Waals surface area contributed by atoms with E-state index < -0.39 is 0 Å². The molecule has 0 saturated carbocycles. The lowest BCUT2D eigenvalue weighted by Gasteiger charge is -2.12. The number of nitrogens with zero attached hydrogens (tertiary/aromatic N) is 1. The third kappa shape index (κ3) is 1.67. The second kappa shape index (κ2) is 4.09. The molecular formula is C17H17N. The molecule has 3 aromatic rings. The summed E-state index contributed by atoms with van der Waals surface area (Å²) in [4.78, 5) is 4.84. The number of benzene rings is 2. The quantitative estimate of drug-likeness (QED) is 0.551. The van der Waals surface area contributed by atoms with E-state index in [0.29, 0.717) is 5.92 Å². The predicted molar refractivity (Wildman–Crippen MR) is 78.1 cm³/mol. The molecule has 0 radical (unpaired) electrons. The van der Waals surface area contributed by atoms with E-state index in [4.69, 9.17) is 4.98 Å². The molecule has 2 aromatic carbocycles. The van der Waals surface area contributed by atoms with Crippen LogP contribution >= 0.6 is 0 Å². The molecule has 18 heavy (non-hydrogen) atoms. The van der Waals surface area contributed by atoms with Gasteiger partial charge in [-0.25, -0.2) is 0 Å². The smallest absolute Gasteiger partial charge is 0.0711 e. The van der Waals surface area contributed by atoms with Gasteiger partial charge in [0.05, 0.1) is 11.2 Å². The molecule has 0 aliphatic heterocycles. The highest BCUT2D eigenvalue weighted by molar-refractivity contribution is 6.06. The van der Waals surface area contributed by atoms with Crippen LogP contribution in [0.3, 0.4) is 0 Å². The van der Waals surface area contributed by atoms with Crippen molar-refractivity contribution in [3.63, 3.8) is 0 Å². The first kappa shape index (κ1) is 11.2. The van der Waals surface area contributed by atoms with Gasteiger partial charge in [-0.2, -0.15) is 0 Å². The van der Waals surface area contributed by atoms with Gasteiger partial charge >= 0.3 is 0 Å². The molecule has 1 heterocycles. The van der Waals surface area contributed by atoms with Crippen LogP contribution in [-0.4, -0.2) is 4.98 Å². The minimum absolute atomic E-state index is 0.443. The van der Waals surface area contributed by atoms with Crippen molar-refractivity contribution >= 4 is 21.7 Å². The Balaban J connectivity index is 2.54. The zero-order valence-corrected chi connectivity index (χ0v) is 11.1. The fourth-order valence-electron chi connectivity index (χ4n) is 2.53. The lowest BCUT2D eigenvalue weighted by Crippen LogP contribution is -1.96. The van der Waals surface area contributed by atoms with Gasteiger partial charge in [-0.1, -0.05) is 49.7 Å². The van der Waals surface area contributed by atoms with E-state index in [2.05, 4.69) is 63.2 Å². The molecule has 0 fully saturated rings. The fraction of sp³-hybridized carbons (Fsp3) is 0.235. The van der Waals surface area contributed by atoms with Gasteiger partial charge in [-0.15, -0.1) is 0 Å². The minimum Gasteiger partial charge on any atom is -0.252 e. The van der Waals surface area contributed by atoms with Crippen LogP contribution in [0.25, 0.3) is 21.7 Å². The molecule has 0 bridgehead atoms. The van der Waals surface area contributed by atoms with Crippen molar-refractivity contribution in [1.29, 1.82) is 0 Å². The topological polar surface area (TPSA) is 12.9 Å². The zero-order chi connectivity index (χ0) is 12.7. The van der Waals surface area contributed by atoms with Crippen LogP contribution < -0.4 is 0 Å². The Labute approximate surface area is 107 Å².